The molecule has 0 N–H and O–H groups in total. The normalized spacial score (nSPS) is 20.9. The Labute approximate surface area is 167 Å². The molecule has 7 nitrogen and oxygen atoms in total. The van der Waals surface area contributed by atoms with E-state index >= 15 is 0 Å². The highest BCUT2D eigenvalue weighted by atomic mass is 16.5. The molecule has 2 aliphatic heterocycles. The van der Waals surface area contributed by atoms with Crippen molar-refractivity contribution < 1.29 is 4.74 Å². The van der Waals surface area contributed by atoms with E-state index in [2.05, 4.69) is 37.8 Å². The molecule has 2 aliphatic rings. The molecule has 0 saturated carbocycles. The van der Waals surface area contributed by atoms with Crippen molar-refractivity contribution in [3.05, 3.63) is 42.4 Å². The van der Waals surface area contributed by atoms with Crippen LogP contribution in [0, 0.1) is 0 Å². The molecule has 1 unspecified atom stereocenters. The van der Waals surface area contributed by atoms with Gasteiger partial charge in [-0.05, 0) is 43.5 Å². The zero-order valence-electron chi connectivity index (χ0n) is 16.7. The van der Waals surface area contributed by atoms with Crippen LogP contribution in [0.15, 0.2) is 36.8 Å². The first-order valence-electron chi connectivity index (χ1n) is 10.3. The van der Waals surface area contributed by atoms with Crippen molar-refractivity contribution in [1.29, 1.82) is 0 Å². The zero-order valence-corrected chi connectivity index (χ0v) is 16.7. The van der Waals surface area contributed by atoms with Gasteiger partial charge in [-0.3, -0.25) is 4.98 Å². The van der Waals surface area contributed by atoms with Gasteiger partial charge in [-0.1, -0.05) is 6.07 Å². The molecule has 28 heavy (non-hydrogen) atoms. The number of aromatic nitrogens is 3. The first kappa shape index (κ1) is 19.1. The van der Waals surface area contributed by atoms with Crippen LogP contribution in [0.3, 0.4) is 0 Å². The largest absolute Gasteiger partial charge is 0.378 e. The van der Waals surface area contributed by atoms with Crippen LogP contribution < -0.4 is 9.80 Å². The highest BCUT2D eigenvalue weighted by Crippen LogP contribution is 2.21. The lowest BCUT2D eigenvalue weighted by molar-refractivity contribution is 0.122. The van der Waals surface area contributed by atoms with Gasteiger partial charge in [-0.15, -0.1) is 0 Å². The smallest absolute Gasteiger partial charge is 0.227 e. The van der Waals surface area contributed by atoms with E-state index in [0.29, 0.717) is 6.04 Å². The van der Waals surface area contributed by atoms with Crippen molar-refractivity contribution in [3.8, 4) is 0 Å². The van der Waals surface area contributed by atoms with Crippen molar-refractivity contribution >= 4 is 11.8 Å². The van der Waals surface area contributed by atoms with Crippen LogP contribution in [0.4, 0.5) is 11.8 Å². The van der Waals surface area contributed by atoms with Gasteiger partial charge in [0.1, 0.15) is 5.82 Å². The maximum atomic E-state index is 5.46. The average Bonchev–Trinajstić information content (AvgIpc) is 2.79. The van der Waals surface area contributed by atoms with Gasteiger partial charge in [0, 0.05) is 57.9 Å². The summed E-state index contributed by atoms with van der Waals surface area (Å²) in [6, 6.07) is 6.62. The number of likely N-dealkylation sites (tertiary alicyclic amines) is 1. The number of nitrogens with zero attached hydrogens (tertiary/aromatic N) is 6. The van der Waals surface area contributed by atoms with E-state index in [0.717, 1.165) is 57.6 Å². The molecule has 0 aliphatic carbocycles. The molecule has 0 bridgehead atoms. The van der Waals surface area contributed by atoms with E-state index in [1.54, 1.807) is 0 Å². The molecule has 0 radical (unpaired) electrons. The van der Waals surface area contributed by atoms with E-state index in [9.17, 15) is 0 Å². The summed E-state index contributed by atoms with van der Waals surface area (Å²) in [6.45, 7) is 6.62. The van der Waals surface area contributed by atoms with Crippen molar-refractivity contribution in [2.75, 3.05) is 62.8 Å². The summed E-state index contributed by atoms with van der Waals surface area (Å²) in [5.74, 6) is 1.83. The summed E-state index contributed by atoms with van der Waals surface area (Å²) in [7, 11) is 2.13. The number of morpholine rings is 1. The van der Waals surface area contributed by atoms with Crippen LogP contribution in [-0.4, -0.2) is 78.9 Å². The van der Waals surface area contributed by atoms with E-state index in [1.165, 1.54) is 24.9 Å². The monoisotopic (exact) mass is 382 g/mol. The first-order chi connectivity index (χ1) is 13.8. The lowest BCUT2D eigenvalue weighted by atomic mass is 10.0. The maximum absolute atomic E-state index is 5.46. The van der Waals surface area contributed by atoms with Crippen LogP contribution in [0.25, 0.3) is 0 Å². The first-order valence-corrected chi connectivity index (χ1v) is 10.3. The fraction of sp³-hybridized carbons (Fsp3) is 0.571. The molecule has 0 amide bonds. The summed E-state index contributed by atoms with van der Waals surface area (Å²) >= 11 is 0. The van der Waals surface area contributed by atoms with Gasteiger partial charge in [0.25, 0.3) is 0 Å². The fourth-order valence-corrected chi connectivity index (χ4v) is 4.02. The third kappa shape index (κ3) is 4.77. The van der Waals surface area contributed by atoms with Gasteiger partial charge < -0.3 is 19.4 Å². The molecule has 2 fully saturated rings. The van der Waals surface area contributed by atoms with E-state index < -0.39 is 0 Å². The summed E-state index contributed by atoms with van der Waals surface area (Å²) < 4.78 is 5.46. The quantitative estimate of drug-likeness (QED) is 0.756. The molecular formula is C21H30N6O. The summed E-state index contributed by atoms with van der Waals surface area (Å²) in [6.07, 6.45) is 9.13. The number of pyridine rings is 1. The summed E-state index contributed by atoms with van der Waals surface area (Å²) in [5.41, 5.74) is 1.31. The Morgan fingerprint density at radius 3 is 2.89 bits per heavy atom. The van der Waals surface area contributed by atoms with Gasteiger partial charge in [-0.2, -0.15) is 4.98 Å². The Balaban J connectivity index is 1.36. The third-order valence-electron chi connectivity index (χ3n) is 5.75. The van der Waals surface area contributed by atoms with Crippen molar-refractivity contribution in [2.24, 2.45) is 0 Å². The van der Waals surface area contributed by atoms with Crippen LogP contribution in [-0.2, 0) is 11.2 Å². The summed E-state index contributed by atoms with van der Waals surface area (Å²) in [4.78, 5) is 20.7. The minimum atomic E-state index is 0.447. The molecule has 4 rings (SSSR count). The van der Waals surface area contributed by atoms with Crippen LogP contribution in [0.1, 0.15) is 18.4 Å². The highest BCUT2D eigenvalue weighted by Gasteiger charge is 2.25. The Morgan fingerprint density at radius 1 is 1.18 bits per heavy atom. The number of hydrogen-bond acceptors (Lipinski definition) is 7. The van der Waals surface area contributed by atoms with Crippen LogP contribution in [0.2, 0.25) is 0 Å². The molecule has 1 atom stereocenters. The number of ether oxygens (including phenoxy) is 1. The molecule has 2 saturated heterocycles. The van der Waals surface area contributed by atoms with Crippen LogP contribution >= 0.6 is 0 Å². The molecule has 2 aromatic heterocycles. The predicted molar refractivity (Wildman–Crippen MR) is 111 cm³/mol. The minimum Gasteiger partial charge on any atom is -0.378 e. The third-order valence-corrected chi connectivity index (χ3v) is 5.75. The van der Waals surface area contributed by atoms with Crippen molar-refractivity contribution in [3.63, 3.8) is 0 Å². The number of likely N-dealkylation sites (N-methyl/N-ethyl adjacent to an activating group) is 1. The number of anilines is 2. The van der Waals surface area contributed by atoms with Crippen molar-refractivity contribution in [2.45, 2.75) is 25.3 Å². The highest BCUT2D eigenvalue weighted by molar-refractivity contribution is 5.44. The Bertz CT molecular complexity index is 737. The van der Waals surface area contributed by atoms with Gasteiger partial charge in [0.05, 0.1) is 13.2 Å². The van der Waals surface area contributed by atoms with Crippen molar-refractivity contribution in [1.82, 2.24) is 19.9 Å². The van der Waals surface area contributed by atoms with Gasteiger partial charge >= 0.3 is 0 Å². The average molecular weight is 383 g/mol. The molecular weight excluding hydrogens is 352 g/mol. The lowest BCUT2D eigenvalue weighted by Crippen LogP contribution is -2.47. The minimum absolute atomic E-state index is 0.447. The SMILES string of the molecule is CN(c1nccc(N2CCOCC2)n1)C1CCCN(CCc2cccnc2)C1. The van der Waals surface area contributed by atoms with Gasteiger partial charge in [0.2, 0.25) is 5.95 Å². The fourth-order valence-electron chi connectivity index (χ4n) is 4.02. The van der Waals surface area contributed by atoms with E-state index in [1.807, 2.05) is 30.7 Å². The second-order valence-electron chi connectivity index (χ2n) is 7.63. The lowest BCUT2D eigenvalue weighted by Gasteiger charge is -2.38. The molecule has 0 spiro atoms. The second kappa shape index (κ2) is 9.30. The molecule has 4 heterocycles. The Morgan fingerprint density at radius 2 is 2.07 bits per heavy atom. The Kier molecular flexibility index (Phi) is 6.34. The Hall–Kier alpha value is -2.25. The maximum Gasteiger partial charge on any atom is 0.227 e. The topological polar surface area (TPSA) is 57.6 Å². The van der Waals surface area contributed by atoms with Gasteiger partial charge in [0.15, 0.2) is 0 Å². The standard InChI is InChI=1S/C21H30N6O/c1-25(21-23-9-6-20(24-21)27-12-14-28-15-13-27)19-5-3-10-26(17-19)11-7-18-4-2-8-22-16-18/h2,4,6,8-9,16,19H,3,5,7,10-15,17H2,1H3. The molecule has 0 aromatic carbocycles. The number of rotatable bonds is 6. The number of piperidine rings is 1. The predicted octanol–water partition coefficient (Wildman–Crippen LogP) is 1.85. The van der Waals surface area contributed by atoms with E-state index in [-0.39, 0.29) is 0 Å². The van der Waals surface area contributed by atoms with Gasteiger partial charge in [-0.25, -0.2) is 4.98 Å². The second-order valence-corrected chi connectivity index (χ2v) is 7.63. The van der Waals surface area contributed by atoms with Crippen LogP contribution in [0.5, 0.6) is 0 Å². The van der Waals surface area contributed by atoms with E-state index in [4.69, 9.17) is 9.72 Å². The molecule has 2 aromatic rings. The zero-order chi connectivity index (χ0) is 19.2. The molecule has 150 valence electrons. The summed E-state index contributed by atoms with van der Waals surface area (Å²) in [5, 5.41) is 0. The number of hydrogen-bond donors (Lipinski definition) is 0. The molecule has 7 heteroatoms.